The van der Waals surface area contributed by atoms with Gasteiger partial charge in [-0.25, -0.2) is 0 Å². The van der Waals surface area contributed by atoms with Crippen LogP contribution in [0.15, 0.2) is 66.0 Å². The lowest BCUT2D eigenvalue weighted by molar-refractivity contribution is 0.698. The Morgan fingerprint density at radius 3 is 2.43 bits per heavy atom. The van der Waals surface area contributed by atoms with Crippen molar-refractivity contribution in [2.75, 3.05) is 0 Å². The third-order valence-electron chi connectivity index (χ3n) is 3.64. The van der Waals surface area contributed by atoms with E-state index >= 15 is 0 Å². The second kappa shape index (κ2) is 6.70. The standard InChI is InChI=1S/C19H19NS/c1-15-7-5-6-10-17(15)12-20-13-19-11-18(14-21-19)16-8-3-2-4-9-16/h2-11,14,20H,12-13H2,1H3. The van der Waals surface area contributed by atoms with Crippen LogP contribution in [0.2, 0.25) is 0 Å². The Bertz CT molecular complexity index is 700. The van der Waals surface area contributed by atoms with Gasteiger partial charge < -0.3 is 5.32 Å². The molecule has 0 saturated carbocycles. The molecule has 0 aliphatic rings. The van der Waals surface area contributed by atoms with E-state index in [1.807, 2.05) is 11.3 Å². The molecule has 3 rings (SSSR count). The highest BCUT2D eigenvalue weighted by atomic mass is 32.1. The van der Waals surface area contributed by atoms with Gasteiger partial charge in [-0.05, 0) is 40.6 Å². The summed E-state index contributed by atoms with van der Waals surface area (Å²) >= 11 is 1.82. The lowest BCUT2D eigenvalue weighted by atomic mass is 10.1. The summed E-state index contributed by atoms with van der Waals surface area (Å²) in [5, 5.41) is 5.77. The van der Waals surface area contributed by atoms with Crippen molar-refractivity contribution in [1.82, 2.24) is 5.32 Å². The van der Waals surface area contributed by atoms with Gasteiger partial charge in [-0.15, -0.1) is 11.3 Å². The molecule has 0 bridgehead atoms. The van der Waals surface area contributed by atoms with Crippen molar-refractivity contribution in [1.29, 1.82) is 0 Å². The minimum absolute atomic E-state index is 0.922. The number of aryl methyl sites for hydroxylation is 1. The molecule has 1 heterocycles. The van der Waals surface area contributed by atoms with E-state index in [1.165, 1.54) is 27.1 Å². The van der Waals surface area contributed by atoms with Crippen LogP contribution in [0, 0.1) is 6.92 Å². The molecule has 21 heavy (non-hydrogen) atoms. The van der Waals surface area contributed by atoms with Gasteiger partial charge in [-0.1, -0.05) is 54.6 Å². The van der Waals surface area contributed by atoms with Crippen molar-refractivity contribution >= 4 is 11.3 Å². The molecule has 0 fully saturated rings. The average Bonchev–Trinajstić information content (AvgIpc) is 2.99. The predicted molar refractivity (Wildman–Crippen MR) is 91.5 cm³/mol. The van der Waals surface area contributed by atoms with Gasteiger partial charge in [-0.2, -0.15) is 0 Å². The van der Waals surface area contributed by atoms with Gasteiger partial charge in [0.25, 0.3) is 0 Å². The summed E-state index contributed by atoms with van der Waals surface area (Å²) in [5.41, 5.74) is 5.32. The second-order valence-electron chi connectivity index (χ2n) is 5.20. The molecule has 0 unspecified atom stereocenters. The molecule has 0 spiro atoms. The van der Waals surface area contributed by atoms with Crippen LogP contribution in [-0.2, 0) is 13.1 Å². The van der Waals surface area contributed by atoms with E-state index in [4.69, 9.17) is 0 Å². The number of benzene rings is 2. The molecule has 1 N–H and O–H groups in total. The van der Waals surface area contributed by atoms with E-state index in [0.29, 0.717) is 0 Å². The van der Waals surface area contributed by atoms with Crippen LogP contribution in [0.3, 0.4) is 0 Å². The van der Waals surface area contributed by atoms with E-state index in [2.05, 4.69) is 78.3 Å². The smallest absolute Gasteiger partial charge is 0.0303 e. The van der Waals surface area contributed by atoms with Crippen molar-refractivity contribution in [3.05, 3.63) is 82.0 Å². The first-order valence-electron chi connectivity index (χ1n) is 7.21. The van der Waals surface area contributed by atoms with Gasteiger partial charge in [0.2, 0.25) is 0 Å². The van der Waals surface area contributed by atoms with Gasteiger partial charge in [0, 0.05) is 18.0 Å². The van der Waals surface area contributed by atoms with Crippen LogP contribution in [0.25, 0.3) is 11.1 Å². The third kappa shape index (κ3) is 3.60. The minimum atomic E-state index is 0.922. The van der Waals surface area contributed by atoms with Crippen molar-refractivity contribution in [2.24, 2.45) is 0 Å². The van der Waals surface area contributed by atoms with Crippen LogP contribution in [0.4, 0.5) is 0 Å². The molecule has 1 nitrogen and oxygen atoms in total. The molecule has 2 heteroatoms. The number of rotatable bonds is 5. The van der Waals surface area contributed by atoms with Gasteiger partial charge in [0.05, 0.1) is 0 Å². The Balaban J connectivity index is 1.60. The fourth-order valence-corrected chi connectivity index (χ4v) is 3.25. The summed E-state index contributed by atoms with van der Waals surface area (Å²) in [6.45, 7) is 4.01. The van der Waals surface area contributed by atoms with Crippen molar-refractivity contribution in [3.63, 3.8) is 0 Å². The Kier molecular flexibility index (Phi) is 4.49. The van der Waals surface area contributed by atoms with Gasteiger partial charge in [0.15, 0.2) is 0 Å². The summed E-state index contributed by atoms with van der Waals surface area (Å²) in [6, 6.07) is 21.4. The number of hydrogen-bond acceptors (Lipinski definition) is 2. The first kappa shape index (κ1) is 14.1. The molecule has 0 amide bonds. The van der Waals surface area contributed by atoms with Crippen LogP contribution in [-0.4, -0.2) is 0 Å². The molecule has 106 valence electrons. The van der Waals surface area contributed by atoms with Crippen molar-refractivity contribution < 1.29 is 0 Å². The molecule has 0 aliphatic heterocycles. The molecule has 0 radical (unpaired) electrons. The van der Waals surface area contributed by atoms with Crippen LogP contribution in [0.1, 0.15) is 16.0 Å². The normalized spacial score (nSPS) is 10.7. The molecule has 3 aromatic rings. The third-order valence-corrected chi connectivity index (χ3v) is 4.57. The monoisotopic (exact) mass is 293 g/mol. The Morgan fingerprint density at radius 1 is 0.857 bits per heavy atom. The maximum atomic E-state index is 3.53. The van der Waals surface area contributed by atoms with Crippen molar-refractivity contribution in [3.8, 4) is 11.1 Å². The maximum absolute atomic E-state index is 3.53. The van der Waals surface area contributed by atoms with Gasteiger partial charge in [-0.3, -0.25) is 0 Å². The summed E-state index contributed by atoms with van der Waals surface area (Å²) in [5.74, 6) is 0. The Hall–Kier alpha value is -1.90. The molecule has 2 aromatic carbocycles. The van der Waals surface area contributed by atoms with Crippen molar-refractivity contribution in [2.45, 2.75) is 20.0 Å². The highest BCUT2D eigenvalue weighted by molar-refractivity contribution is 7.10. The minimum Gasteiger partial charge on any atom is -0.308 e. The van der Waals surface area contributed by atoms with E-state index in [0.717, 1.165) is 13.1 Å². The van der Waals surface area contributed by atoms with Crippen LogP contribution < -0.4 is 5.32 Å². The van der Waals surface area contributed by atoms with E-state index in [-0.39, 0.29) is 0 Å². The van der Waals surface area contributed by atoms with E-state index in [1.54, 1.807) is 0 Å². The number of hydrogen-bond donors (Lipinski definition) is 1. The molecular weight excluding hydrogens is 274 g/mol. The molecule has 0 aliphatic carbocycles. The lowest BCUT2D eigenvalue weighted by Crippen LogP contribution is -2.12. The van der Waals surface area contributed by atoms with E-state index < -0.39 is 0 Å². The Labute approximate surface area is 130 Å². The van der Waals surface area contributed by atoms with Gasteiger partial charge >= 0.3 is 0 Å². The van der Waals surface area contributed by atoms with Crippen LogP contribution in [0.5, 0.6) is 0 Å². The fraction of sp³-hybridized carbons (Fsp3) is 0.158. The fourth-order valence-electron chi connectivity index (χ4n) is 2.38. The zero-order chi connectivity index (χ0) is 14.5. The van der Waals surface area contributed by atoms with Gasteiger partial charge in [0.1, 0.15) is 0 Å². The summed E-state index contributed by atoms with van der Waals surface area (Å²) in [4.78, 5) is 1.38. The largest absolute Gasteiger partial charge is 0.308 e. The zero-order valence-corrected chi connectivity index (χ0v) is 13.0. The topological polar surface area (TPSA) is 12.0 Å². The zero-order valence-electron chi connectivity index (χ0n) is 12.2. The summed E-state index contributed by atoms with van der Waals surface area (Å²) in [6.07, 6.45) is 0. The highest BCUT2D eigenvalue weighted by Crippen LogP contribution is 2.25. The molecule has 0 atom stereocenters. The first-order chi connectivity index (χ1) is 10.3. The lowest BCUT2D eigenvalue weighted by Gasteiger charge is -2.06. The maximum Gasteiger partial charge on any atom is 0.0303 e. The van der Waals surface area contributed by atoms with Crippen LogP contribution >= 0.6 is 11.3 Å². The highest BCUT2D eigenvalue weighted by Gasteiger charge is 2.02. The first-order valence-corrected chi connectivity index (χ1v) is 8.09. The predicted octanol–water partition coefficient (Wildman–Crippen LogP) is 5.01. The van der Waals surface area contributed by atoms with E-state index in [9.17, 15) is 0 Å². The SMILES string of the molecule is Cc1ccccc1CNCc1cc(-c2ccccc2)cs1. The summed E-state index contributed by atoms with van der Waals surface area (Å²) < 4.78 is 0. The second-order valence-corrected chi connectivity index (χ2v) is 6.19. The molecular formula is C19H19NS. The Morgan fingerprint density at radius 2 is 1.62 bits per heavy atom. The number of thiophene rings is 1. The summed E-state index contributed by atoms with van der Waals surface area (Å²) in [7, 11) is 0. The number of nitrogens with one attached hydrogen (secondary N) is 1. The average molecular weight is 293 g/mol. The quantitative estimate of drug-likeness (QED) is 0.697. The molecule has 0 saturated heterocycles. The molecule has 1 aromatic heterocycles.